The first-order chi connectivity index (χ1) is 10.3. The fourth-order valence-electron chi connectivity index (χ4n) is 2.57. The van der Waals surface area contributed by atoms with Gasteiger partial charge < -0.3 is 5.32 Å². The Kier molecular flexibility index (Phi) is 4.70. The monoisotopic (exact) mass is 295 g/mol. The lowest BCUT2D eigenvalue weighted by Gasteiger charge is -2.20. The zero-order chi connectivity index (χ0) is 16.3. The maximum atomic E-state index is 12.3. The first kappa shape index (κ1) is 16.3. The van der Waals surface area contributed by atoms with E-state index in [-0.39, 0.29) is 11.3 Å². The summed E-state index contributed by atoms with van der Waals surface area (Å²) in [6.45, 7) is 10.8. The molecule has 0 aliphatic carbocycles. The zero-order valence-corrected chi connectivity index (χ0v) is 14.2. The highest BCUT2D eigenvalue weighted by Crippen LogP contribution is 2.25. The SMILES string of the molecule is Cc1cc(NC(=O)c2ccccc2C)ccc1CC(C)(C)C. The van der Waals surface area contributed by atoms with Crippen LogP contribution in [0.2, 0.25) is 0 Å². The summed E-state index contributed by atoms with van der Waals surface area (Å²) < 4.78 is 0. The second-order valence-corrected chi connectivity index (χ2v) is 7.15. The molecular formula is C20H25NO. The fraction of sp³-hybridized carbons (Fsp3) is 0.350. The average Bonchev–Trinajstić information content (AvgIpc) is 2.41. The standard InChI is InChI=1S/C20H25NO/c1-14-8-6-7-9-18(14)19(22)21-17-11-10-16(15(2)12-17)13-20(3,4)5/h6-12H,13H2,1-5H3,(H,21,22). The Labute approximate surface area is 133 Å². The summed E-state index contributed by atoms with van der Waals surface area (Å²) in [5.74, 6) is -0.0546. The van der Waals surface area contributed by atoms with Crippen LogP contribution in [0, 0.1) is 19.3 Å². The van der Waals surface area contributed by atoms with E-state index in [1.54, 1.807) is 0 Å². The third kappa shape index (κ3) is 4.20. The predicted octanol–water partition coefficient (Wildman–Crippen LogP) is 5.14. The Morgan fingerprint density at radius 3 is 2.27 bits per heavy atom. The summed E-state index contributed by atoms with van der Waals surface area (Å²) in [5.41, 5.74) is 5.37. The van der Waals surface area contributed by atoms with Gasteiger partial charge in [0, 0.05) is 11.3 Å². The first-order valence-corrected chi connectivity index (χ1v) is 7.73. The molecule has 1 amide bonds. The lowest BCUT2D eigenvalue weighted by molar-refractivity contribution is 0.102. The second-order valence-electron chi connectivity index (χ2n) is 7.15. The topological polar surface area (TPSA) is 29.1 Å². The molecule has 22 heavy (non-hydrogen) atoms. The number of anilines is 1. The van der Waals surface area contributed by atoms with Gasteiger partial charge in [-0.15, -0.1) is 0 Å². The van der Waals surface area contributed by atoms with Crippen molar-refractivity contribution >= 4 is 11.6 Å². The molecule has 116 valence electrons. The van der Waals surface area contributed by atoms with E-state index < -0.39 is 0 Å². The van der Waals surface area contributed by atoms with Crippen molar-refractivity contribution in [1.82, 2.24) is 0 Å². The molecule has 2 nitrogen and oxygen atoms in total. The van der Waals surface area contributed by atoms with Gasteiger partial charge in [-0.1, -0.05) is 45.0 Å². The number of rotatable bonds is 3. The van der Waals surface area contributed by atoms with E-state index in [4.69, 9.17) is 0 Å². The quantitative estimate of drug-likeness (QED) is 0.834. The molecular weight excluding hydrogens is 270 g/mol. The largest absolute Gasteiger partial charge is 0.322 e. The number of nitrogens with one attached hydrogen (secondary N) is 1. The summed E-state index contributed by atoms with van der Waals surface area (Å²) in [4.78, 5) is 12.3. The van der Waals surface area contributed by atoms with Crippen LogP contribution < -0.4 is 5.32 Å². The minimum absolute atomic E-state index is 0.0546. The van der Waals surface area contributed by atoms with Crippen LogP contribution in [0.5, 0.6) is 0 Å². The molecule has 0 unspecified atom stereocenters. The Balaban J connectivity index is 2.16. The lowest BCUT2D eigenvalue weighted by Crippen LogP contribution is -2.14. The van der Waals surface area contributed by atoms with E-state index in [1.807, 2.05) is 37.3 Å². The van der Waals surface area contributed by atoms with Crippen LogP contribution in [0.15, 0.2) is 42.5 Å². The molecule has 0 radical (unpaired) electrons. The fourth-order valence-corrected chi connectivity index (χ4v) is 2.57. The molecule has 0 heterocycles. The first-order valence-electron chi connectivity index (χ1n) is 7.73. The molecule has 0 saturated carbocycles. The summed E-state index contributed by atoms with van der Waals surface area (Å²) >= 11 is 0. The molecule has 1 N–H and O–H groups in total. The van der Waals surface area contributed by atoms with Crippen LogP contribution in [-0.2, 0) is 6.42 Å². The van der Waals surface area contributed by atoms with E-state index in [2.05, 4.69) is 45.1 Å². The molecule has 0 bridgehead atoms. The molecule has 0 saturated heterocycles. The number of hydrogen-bond acceptors (Lipinski definition) is 1. The molecule has 2 heteroatoms. The van der Waals surface area contributed by atoms with Gasteiger partial charge in [-0.05, 0) is 60.6 Å². The Bertz CT molecular complexity index is 680. The molecule has 0 aliphatic rings. The highest BCUT2D eigenvalue weighted by molar-refractivity contribution is 6.05. The van der Waals surface area contributed by atoms with Crippen molar-refractivity contribution in [2.45, 2.75) is 41.0 Å². The van der Waals surface area contributed by atoms with Crippen LogP contribution in [0.3, 0.4) is 0 Å². The van der Waals surface area contributed by atoms with Gasteiger partial charge in [0.2, 0.25) is 0 Å². The van der Waals surface area contributed by atoms with Gasteiger partial charge in [0.25, 0.3) is 5.91 Å². The Morgan fingerprint density at radius 1 is 1.00 bits per heavy atom. The highest BCUT2D eigenvalue weighted by Gasteiger charge is 2.14. The van der Waals surface area contributed by atoms with Crippen molar-refractivity contribution < 1.29 is 4.79 Å². The number of hydrogen-bond donors (Lipinski definition) is 1. The van der Waals surface area contributed by atoms with Crippen LogP contribution in [0.4, 0.5) is 5.69 Å². The normalized spacial score (nSPS) is 11.3. The minimum Gasteiger partial charge on any atom is -0.322 e. The lowest BCUT2D eigenvalue weighted by atomic mass is 9.86. The van der Waals surface area contributed by atoms with Crippen molar-refractivity contribution in [3.63, 3.8) is 0 Å². The highest BCUT2D eigenvalue weighted by atomic mass is 16.1. The van der Waals surface area contributed by atoms with Gasteiger partial charge in [0.15, 0.2) is 0 Å². The number of carbonyl (C=O) groups excluding carboxylic acids is 1. The number of benzene rings is 2. The summed E-state index contributed by atoms with van der Waals surface area (Å²) in [6.07, 6.45) is 1.03. The average molecular weight is 295 g/mol. The van der Waals surface area contributed by atoms with Crippen LogP contribution in [0.25, 0.3) is 0 Å². The molecule has 0 spiro atoms. The molecule has 2 aromatic rings. The third-order valence-corrected chi connectivity index (χ3v) is 3.71. The molecule has 0 fully saturated rings. The maximum Gasteiger partial charge on any atom is 0.255 e. The maximum absolute atomic E-state index is 12.3. The summed E-state index contributed by atoms with van der Waals surface area (Å²) in [5, 5.41) is 2.99. The Morgan fingerprint density at radius 2 is 1.68 bits per heavy atom. The van der Waals surface area contributed by atoms with E-state index >= 15 is 0 Å². The molecule has 0 aliphatic heterocycles. The van der Waals surface area contributed by atoms with Crippen LogP contribution >= 0.6 is 0 Å². The van der Waals surface area contributed by atoms with Crippen molar-refractivity contribution in [3.8, 4) is 0 Å². The number of amides is 1. The van der Waals surface area contributed by atoms with Crippen molar-refractivity contribution in [2.75, 3.05) is 5.32 Å². The van der Waals surface area contributed by atoms with Crippen molar-refractivity contribution in [1.29, 1.82) is 0 Å². The van der Waals surface area contributed by atoms with Crippen molar-refractivity contribution in [3.05, 3.63) is 64.7 Å². The van der Waals surface area contributed by atoms with Gasteiger partial charge in [0.1, 0.15) is 0 Å². The van der Waals surface area contributed by atoms with Gasteiger partial charge >= 0.3 is 0 Å². The predicted molar refractivity (Wildman–Crippen MR) is 93.5 cm³/mol. The smallest absolute Gasteiger partial charge is 0.255 e. The van der Waals surface area contributed by atoms with Crippen LogP contribution in [-0.4, -0.2) is 5.91 Å². The Hall–Kier alpha value is -2.09. The number of aryl methyl sites for hydroxylation is 2. The summed E-state index contributed by atoms with van der Waals surface area (Å²) in [7, 11) is 0. The molecule has 2 rings (SSSR count). The van der Waals surface area contributed by atoms with Gasteiger partial charge in [0.05, 0.1) is 0 Å². The van der Waals surface area contributed by atoms with Gasteiger partial charge in [-0.3, -0.25) is 4.79 Å². The van der Waals surface area contributed by atoms with Gasteiger partial charge in [-0.25, -0.2) is 0 Å². The van der Waals surface area contributed by atoms with Gasteiger partial charge in [-0.2, -0.15) is 0 Å². The molecule has 2 aromatic carbocycles. The van der Waals surface area contributed by atoms with E-state index in [0.29, 0.717) is 0 Å². The van der Waals surface area contributed by atoms with Crippen molar-refractivity contribution in [2.24, 2.45) is 5.41 Å². The zero-order valence-electron chi connectivity index (χ0n) is 14.2. The molecule has 0 aromatic heterocycles. The summed E-state index contributed by atoms with van der Waals surface area (Å²) in [6, 6.07) is 13.8. The number of carbonyl (C=O) groups is 1. The molecule has 0 atom stereocenters. The second kappa shape index (κ2) is 6.35. The van der Waals surface area contributed by atoms with E-state index in [0.717, 1.165) is 23.2 Å². The minimum atomic E-state index is -0.0546. The third-order valence-electron chi connectivity index (χ3n) is 3.71. The van der Waals surface area contributed by atoms with Crippen LogP contribution in [0.1, 0.15) is 47.8 Å². The van der Waals surface area contributed by atoms with E-state index in [1.165, 1.54) is 11.1 Å². The van der Waals surface area contributed by atoms with E-state index in [9.17, 15) is 4.79 Å².